The fourth-order valence-electron chi connectivity index (χ4n) is 1.96. The number of anilines is 1. The van der Waals surface area contributed by atoms with E-state index in [2.05, 4.69) is 4.98 Å². The van der Waals surface area contributed by atoms with Crippen LogP contribution < -0.4 is 4.90 Å². The van der Waals surface area contributed by atoms with Crippen molar-refractivity contribution in [3.8, 4) is 0 Å². The van der Waals surface area contributed by atoms with E-state index in [1.807, 2.05) is 22.6 Å². The molecule has 0 spiro atoms. The van der Waals surface area contributed by atoms with Crippen LogP contribution in [0.15, 0.2) is 12.1 Å². The Bertz CT molecular complexity index is 439. The van der Waals surface area contributed by atoms with E-state index in [9.17, 15) is 18.3 Å². The summed E-state index contributed by atoms with van der Waals surface area (Å²) in [5.74, 6) is 0.309. The number of pyridine rings is 1. The van der Waals surface area contributed by atoms with Crippen LogP contribution >= 0.6 is 22.6 Å². The molecular formula is C11H12F3IN2O. The number of alkyl halides is 3. The van der Waals surface area contributed by atoms with Crippen LogP contribution in [0.2, 0.25) is 0 Å². The Morgan fingerprint density at radius 2 is 2.11 bits per heavy atom. The molecule has 0 saturated carbocycles. The van der Waals surface area contributed by atoms with Gasteiger partial charge in [0.25, 0.3) is 0 Å². The molecule has 0 radical (unpaired) electrons. The van der Waals surface area contributed by atoms with Crippen molar-refractivity contribution in [3.63, 3.8) is 0 Å². The van der Waals surface area contributed by atoms with E-state index in [0.717, 1.165) is 12.5 Å². The number of piperidine rings is 1. The van der Waals surface area contributed by atoms with Crippen molar-refractivity contribution in [1.29, 1.82) is 0 Å². The van der Waals surface area contributed by atoms with Gasteiger partial charge in [-0.15, -0.1) is 0 Å². The van der Waals surface area contributed by atoms with Gasteiger partial charge in [-0.05, 0) is 47.6 Å². The summed E-state index contributed by atoms with van der Waals surface area (Å²) in [5, 5.41) is 9.57. The Hall–Kier alpha value is -0.570. The fraction of sp³-hybridized carbons (Fsp3) is 0.545. The van der Waals surface area contributed by atoms with Crippen LogP contribution in [0.25, 0.3) is 0 Å². The number of β-amino-alcohol motifs (C(OH)–C–C–N with tert-alkyl or cyclic N) is 1. The van der Waals surface area contributed by atoms with Crippen molar-refractivity contribution in [2.45, 2.75) is 25.1 Å². The standard InChI is InChI=1S/C11H12F3IN2O/c12-11(13,14)9-4-3-8(15)10(16-9)17-5-1-2-7(18)6-17/h3-4,7,18H,1-2,5-6H2/t7-/m0/s1. The first kappa shape index (κ1) is 13.9. The predicted molar refractivity (Wildman–Crippen MR) is 69.4 cm³/mol. The normalized spacial score (nSPS) is 21.2. The monoisotopic (exact) mass is 372 g/mol. The summed E-state index contributed by atoms with van der Waals surface area (Å²) in [4.78, 5) is 5.40. The summed E-state index contributed by atoms with van der Waals surface area (Å²) in [7, 11) is 0. The largest absolute Gasteiger partial charge is 0.433 e. The second-order valence-electron chi connectivity index (χ2n) is 4.24. The molecule has 0 aliphatic carbocycles. The SMILES string of the molecule is O[C@H]1CCCN(c2nc(C(F)(F)F)ccc2I)C1. The smallest absolute Gasteiger partial charge is 0.391 e. The maximum Gasteiger partial charge on any atom is 0.433 e. The first-order valence-electron chi connectivity index (χ1n) is 5.54. The minimum atomic E-state index is -4.44. The van der Waals surface area contributed by atoms with E-state index in [1.165, 1.54) is 6.07 Å². The number of nitrogens with zero attached hydrogens (tertiary/aromatic N) is 2. The molecule has 1 fully saturated rings. The summed E-state index contributed by atoms with van der Waals surface area (Å²) < 4.78 is 38.5. The summed E-state index contributed by atoms with van der Waals surface area (Å²) in [6.45, 7) is 0.964. The van der Waals surface area contributed by atoms with Gasteiger partial charge in [-0.1, -0.05) is 0 Å². The number of aromatic nitrogens is 1. The maximum absolute atomic E-state index is 12.6. The van der Waals surface area contributed by atoms with E-state index in [0.29, 0.717) is 28.9 Å². The number of rotatable bonds is 1. The molecule has 0 aromatic carbocycles. The van der Waals surface area contributed by atoms with Gasteiger partial charge < -0.3 is 10.0 Å². The Morgan fingerprint density at radius 3 is 2.72 bits per heavy atom. The van der Waals surface area contributed by atoms with E-state index in [-0.39, 0.29) is 0 Å². The van der Waals surface area contributed by atoms with Gasteiger partial charge in [-0.3, -0.25) is 0 Å². The maximum atomic E-state index is 12.6. The molecule has 7 heteroatoms. The van der Waals surface area contributed by atoms with Gasteiger partial charge >= 0.3 is 6.18 Å². The quantitative estimate of drug-likeness (QED) is 0.771. The van der Waals surface area contributed by atoms with Gasteiger partial charge in [0.05, 0.1) is 9.67 Å². The van der Waals surface area contributed by atoms with Gasteiger partial charge in [-0.2, -0.15) is 13.2 Å². The summed E-state index contributed by atoms with van der Waals surface area (Å²) in [6.07, 6.45) is -3.49. The Balaban J connectivity index is 2.31. The summed E-state index contributed by atoms with van der Waals surface area (Å²) in [6, 6.07) is 2.39. The molecular weight excluding hydrogens is 360 g/mol. The van der Waals surface area contributed by atoms with E-state index < -0.39 is 18.0 Å². The second kappa shape index (κ2) is 5.20. The molecule has 1 aliphatic heterocycles. The van der Waals surface area contributed by atoms with Gasteiger partial charge in [-0.25, -0.2) is 4.98 Å². The Labute approximate surface area is 116 Å². The molecule has 3 nitrogen and oxygen atoms in total. The van der Waals surface area contributed by atoms with Crippen LogP contribution in [-0.4, -0.2) is 29.3 Å². The molecule has 1 saturated heterocycles. The van der Waals surface area contributed by atoms with Crippen LogP contribution in [0.3, 0.4) is 0 Å². The van der Waals surface area contributed by atoms with Crippen molar-refractivity contribution in [3.05, 3.63) is 21.4 Å². The molecule has 100 valence electrons. The topological polar surface area (TPSA) is 36.4 Å². The van der Waals surface area contributed by atoms with Crippen LogP contribution in [0.5, 0.6) is 0 Å². The summed E-state index contributed by atoms with van der Waals surface area (Å²) in [5.41, 5.74) is -0.891. The van der Waals surface area contributed by atoms with Crippen LogP contribution in [0.1, 0.15) is 18.5 Å². The third-order valence-electron chi connectivity index (χ3n) is 2.81. The minimum Gasteiger partial charge on any atom is -0.391 e. The molecule has 2 rings (SSSR count). The molecule has 1 aromatic rings. The average Bonchev–Trinajstić information content (AvgIpc) is 2.28. The highest BCUT2D eigenvalue weighted by atomic mass is 127. The van der Waals surface area contributed by atoms with Crippen molar-refractivity contribution in [1.82, 2.24) is 4.98 Å². The average molecular weight is 372 g/mol. The van der Waals surface area contributed by atoms with E-state index in [4.69, 9.17) is 0 Å². The zero-order valence-electron chi connectivity index (χ0n) is 9.41. The van der Waals surface area contributed by atoms with Crippen molar-refractivity contribution in [2.24, 2.45) is 0 Å². The fourth-order valence-corrected chi connectivity index (χ4v) is 2.60. The molecule has 1 N–H and O–H groups in total. The van der Waals surface area contributed by atoms with Crippen molar-refractivity contribution < 1.29 is 18.3 Å². The number of halogens is 4. The lowest BCUT2D eigenvalue weighted by molar-refractivity contribution is -0.141. The van der Waals surface area contributed by atoms with Crippen LogP contribution in [0, 0.1) is 3.57 Å². The summed E-state index contributed by atoms with van der Waals surface area (Å²) >= 11 is 1.96. The molecule has 0 amide bonds. The minimum absolute atomic E-state index is 0.309. The van der Waals surface area contributed by atoms with Gasteiger partial charge in [0.2, 0.25) is 0 Å². The third-order valence-corrected chi connectivity index (χ3v) is 3.66. The molecule has 0 bridgehead atoms. The number of hydrogen-bond donors (Lipinski definition) is 1. The number of aliphatic hydroxyl groups excluding tert-OH is 1. The molecule has 18 heavy (non-hydrogen) atoms. The molecule has 1 aromatic heterocycles. The second-order valence-corrected chi connectivity index (χ2v) is 5.40. The number of hydrogen-bond acceptors (Lipinski definition) is 3. The predicted octanol–water partition coefficient (Wildman–Crippen LogP) is 2.67. The van der Waals surface area contributed by atoms with Crippen molar-refractivity contribution >= 4 is 28.4 Å². The van der Waals surface area contributed by atoms with Gasteiger partial charge in [0.1, 0.15) is 11.5 Å². The van der Waals surface area contributed by atoms with E-state index >= 15 is 0 Å². The van der Waals surface area contributed by atoms with Gasteiger partial charge in [0, 0.05) is 13.1 Å². The lowest BCUT2D eigenvalue weighted by atomic mass is 10.1. The van der Waals surface area contributed by atoms with Crippen molar-refractivity contribution in [2.75, 3.05) is 18.0 Å². The molecule has 1 atom stereocenters. The Kier molecular flexibility index (Phi) is 4.00. The third kappa shape index (κ3) is 3.05. The zero-order chi connectivity index (χ0) is 13.3. The first-order valence-corrected chi connectivity index (χ1v) is 6.62. The molecule has 0 unspecified atom stereocenters. The first-order chi connectivity index (χ1) is 8.38. The van der Waals surface area contributed by atoms with Gasteiger partial charge in [0.15, 0.2) is 0 Å². The molecule has 2 heterocycles. The van der Waals surface area contributed by atoms with Crippen LogP contribution in [0.4, 0.5) is 19.0 Å². The Morgan fingerprint density at radius 1 is 1.39 bits per heavy atom. The van der Waals surface area contributed by atoms with Crippen LogP contribution in [-0.2, 0) is 6.18 Å². The lowest BCUT2D eigenvalue weighted by Crippen LogP contribution is -2.39. The highest BCUT2D eigenvalue weighted by Gasteiger charge is 2.33. The number of aliphatic hydroxyl groups is 1. The highest BCUT2D eigenvalue weighted by Crippen LogP contribution is 2.31. The zero-order valence-corrected chi connectivity index (χ0v) is 11.6. The molecule has 1 aliphatic rings. The highest BCUT2D eigenvalue weighted by molar-refractivity contribution is 14.1. The van der Waals surface area contributed by atoms with E-state index in [1.54, 1.807) is 4.90 Å². The lowest BCUT2D eigenvalue weighted by Gasteiger charge is -2.32.